The Hall–Kier alpha value is -2.21. The largest absolute Gasteiger partial charge is 0.416 e. The van der Waals surface area contributed by atoms with E-state index >= 15 is 0 Å². The summed E-state index contributed by atoms with van der Waals surface area (Å²) in [7, 11) is 0. The number of halogens is 6. The molecule has 4 nitrogen and oxygen atoms in total. The highest BCUT2D eigenvalue weighted by atomic mass is 32.2. The lowest BCUT2D eigenvalue weighted by Gasteiger charge is -2.14. The van der Waals surface area contributed by atoms with Gasteiger partial charge in [0, 0.05) is 17.3 Å². The van der Waals surface area contributed by atoms with Crippen LogP contribution in [0.2, 0.25) is 0 Å². The van der Waals surface area contributed by atoms with Crippen molar-refractivity contribution in [1.29, 1.82) is 0 Å². The van der Waals surface area contributed by atoms with E-state index < -0.39 is 23.5 Å². The van der Waals surface area contributed by atoms with Gasteiger partial charge in [0.1, 0.15) is 10.7 Å². The summed E-state index contributed by atoms with van der Waals surface area (Å²) in [5, 5.41) is 13.7. The molecule has 0 spiro atoms. The lowest BCUT2D eigenvalue weighted by Crippen LogP contribution is -2.11. The van der Waals surface area contributed by atoms with Gasteiger partial charge in [-0.1, -0.05) is 16.9 Å². The maximum absolute atomic E-state index is 12.9. The SMILES string of the molecule is O/N=C\c1c(SCc2cc(C(F)(F)F)cc(C(F)(F)F)c2)nc2sccn12. The van der Waals surface area contributed by atoms with Crippen LogP contribution in [-0.2, 0) is 18.1 Å². The van der Waals surface area contributed by atoms with Crippen molar-refractivity contribution in [3.63, 3.8) is 0 Å². The van der Waals surface area contributed by atoms with Gasteiger partial charge in [0.15, 0.2) is 4.96 Å². The van der Waals surface area contributed by atoms with Crippen LogP contribution in [0.25, 0.3) is 4.96 Å². The Labute approximate surface area is 156 Å². The number of alkyl halides is 6. The van der Waals surface area contributed by atoms with Gasteiger partial charge >= 0.3 is 12.4 Å². The molecule has 3 aromatic rings. The van der Waals surface area contributed by atoms with Gasteiger partial charge in [-0.15, -0.1) is 11.3 Å². The van der Waals surface area contributed by atoms with E-state index in [1.54, 1.807) is 16.0 Å². The van der Waals surface area contributed by atoms with Gasteiger partial charge in [-0.05, 0) is 23.8 Å². The predicted octanol–water partition coefficient (Wildman–Crippen LogP) is 5.53. The Bertz CT molecular complexity index is 957. The van der Waals surface area contributed by atoms with E-state index in [0.29, 0.717) is 27.8 Å². The average Bonchev–Trinajstić information content (AvgIpc) is 3.14. The van der Waals surface area contributed by atoms with Crippen molar-refractivity contribution in [2.75, 3.05) is 0 Å². The lowest BCUT2D eigenvalue weighted by molar-refractivity contribution is -0.143. The maximum atomic E-state index is 12.9. The number of hydrogen-bond donors (Lipinski definition) is 1. The topological polar surface area (TPSA) is 49.9 Å². The Morgan fingerprint density at radius 2 is 1.74 bits per heavy atom. The number of benzene rings is 1. The molecule has 1 aromatic carbocycles. The maximum Gasteiger partial charge on any atom is 0.416 e. The average molecular weight is 425 g/mol. The number of thiazole rings is 1. The second kappa shape index (κ2) is 7.08. The van der Waals surface area contributed by atoms with Crippen molar-refractivity contribution in [2.24, 2.45) is 5.16 Å². The molecular formula is C15H9F6N3OS2. The molecule has 27 heavy (non-hydrogen) atoms. The number of aromatic nitrogens is 2. The highest BCUT2D eigenvalue weighted by molar-refractivity contribution is 7.98. The van der Waals surface area contributed by atoms with Crippen molar-refractivity contribution >= 4 is 34.3 Å². The van der Waals surface area contributed by atoms with Crippen LogP contribution >= 0.6 is 23.1 Å². The predicted molar refractivity (Wildman–Crippen MR) is 88.5 cm³/mol. The third-order valence-corrected chi connectivity index (χ3v) is 5.28. The fourth-order valence-corrected chi connectivity index (χ4v) is 4.01. The van der Waals surface area contributed by atoms with Gasteiger partial charge in [-0.3, -0.25) is 4.40 Å². The molecule has 3 rings (SSSR count). The Kier molecular flexibility index (Phi) is 5.12. The van der Waals surface area contributed by atoms with Crippen molar-refractivity contribution in [3.05, 3.63) is 52.2 Å². The number of imidazole rings is 1. The Morgan fingerprint density at radius 1 is 1.11 bits per heavy atom. The Morgan fingerprint density at radius 3 is 2.30 bits per heavy atom. The molecule has 0 saturated carbocycles. The monoisotopic (exact) mass is 425 g/mol. The minimum atomic E-state index is -4.90. The van der Waals surface area contributed by atoms with Gasteiger partial charge < -0.3 is 5.21 Å². The first-order valence-corrected chi connectivity index (χ1v) is 9.00. The van der Waals surface area contributed by atoms with E-state index in [0.717, 1.165) is 18.0 Å². The first kappa shape index (κ1) is 19.5. The summed E-state index contributed by atoms with van der Waals surface area (Å²) < 4.78 is 79.2. The molecule has 0 amide bonds. The van der Waals surface area contributed by atoms with E-state index in [4.69, 9.17) is 5.21 Å². The van der Waals surface area contributed by atoms with E-state index in [-0.39, 0.29) is 17.4 Å². The molecule has 0 aliphatic heterocycles. The molecule has 144 valence electrons. The summed E-state index contributed by atoms with van der Waals surface area (Å²) in [5.41, 5.74) is -2.50. The normalized spacial score (nSPS) is 13.1. The quantitative estimate of drug-likeness (QED) is 0.197. The molecular weight excluding hydrogens is 416 g/mol. The molecule has 0 aliphatic carbocycles. The molecule has 0 fully saturated rings. The molecule has 2 heterocycles. The molecule has 12 heteroatoms. The summed E-state index contributed by atoms with van der Waals surface area (Å²) in [4.78, 5) is 4.79. The molecule has 0 atom stereocenters. The minimum absolute atomic E-state index is 0.0879. The fourth-order valence-electron chi connectivity index (χ4n) is 2.32. The first-order valence-electron chi connectivity index (χ1n) is 7.13. The molecule has 2 aromatic heterocycles. The van der Waals surface area contributed by atoms with Gasteiger partial charge in [0.25, 0.3) is 0 Å². The number of fused-ring (bicyclic) bond motifs is 1. The third-order valence-electron chi connectivity index (χ3n) is 3.47. The van der Waals surface area contributed by atoms with Crippen LogP contribution < -0.4 is 0 Å². The van der Waals surface area contributed by atoms with Gasteiger partial charge in [-0.25, -0.2) is 4.98 Å². The van der Waals surface area contributed by atoms with E-state index in [1.807, 2.05) is 0 Å². The van der Waals surface area contributed by atoms with Crippen molar-refractivity contribution in [3.8, 4) is 0 Å². The number of thioether (sulfide) groups is 1. The van der Waals surface area contributed by atoms with Gasteiger partial charge in [0.05, 0.1) is 17.3 Å². The zero-order chi connectivity index (χ0) is 19.8. The number of rotatable bonds is 4. The summed E-state index contributed by atoms with van der Waals surface area (Å²) in [6.07, 6.45) is -7.04. The van der Waals surface area contributed by atoms with Crippen LogP contribution in [0, 0.1) is 0 Å². The summed E-state index contributed by atoms with van der Waals surface area (Å²) in [5.74, 6) is -0.176. The second-order valence-corrected chi connectivity index (χ2v) is 7.14. The van der Waals surface area contributed by atoms with Crippen LogP contribution in [0.5, 0.6) is 0 Å². The van der Waals surface area contributed by atoms with Crippen LogP contribution in [0.3, 0.4) is 0 Å². The molecule has 0 saturated heterocycles. The lowest BCUT2D eigenvalue weighted by atomic mass is 10.1. The van der Waals surface area contributed by atoms with Crippen LogP contribution in [0.15, 0.2) is 40.0 Å². The summed E-state index contributed by atoms with van der Waals surface area (Å²) in [6, 6.07) is 1.45. The number of oxime groups is 1. The molecule has 0 aliphatic rings. The van der Waals surface area contributed by atoms with Crippen molar-refractivity contribution in [1.82, 2.24) is 9.38 Å². The molecule has 1 N–H and O–H groups in total. The number of nitrogens with zero attached hydrogens (tertiary/aromatic N) is 3. The van der Waals surface area contributed by atoms with Crippen LogP contribution in [0.1, 0.15) is 22.4 Å². The summed E-state index contributed by atoms with van der Waals surface area (Å²) >= 11 is 2.23. The zero-order valence-corrected chi connectivity index (χ0v) is 14.7. The van der Waals surface area contributed by atoms with Gasteiger partial charge in [-0.2, -0.15) is 26.3 Å². The van der Waals surface area contributed by atoms with Crippen molar-refractivity contribution < 1.29 is 31.5 Å². The first-order chi connectivity index (χ1) is 12.6. The summed E-state index contributed by atoms with van der Waals surface area (Å²) in [6.45, 7) is 0. The molecule has 0 unspecified atom stereocenters. The second-order valence-electron chi connectivity index (χ2n) is 5.31. The van der Waals surface area contributed by atoms with Crippen LogP contribution in [-0.4, -0.2) is 20.8 Å². The fraction of sp³-hybridized carbons (Fsp3) is 0.200. The number of hydrogen-bond acceptors (Lipinski definition) is 5. The standard InChI is InChI=1S/C15H9F6N3OS2/c16-14(17,18)9-3-8(4-10(5-9)15(19,20)21)7-27-12-11(6-22-25)24-1-2-26-13(24)23-12/h1-6,25H,7H2/b22-6-. The highest BCUT2D eigenvalue weighted by Gasteiger charge is 2.36. The van der Waals surface area contributed by atoms with E-state index in [9.17, 15) is 26.3 Å². The third kappa shape index (κ3) is 4.21. The Balaban J connectivity index is 1.94. The minimum Gasteiger partial charge on any atom is -0.411 e. The van der Waals surface area contributed by atoms with Gasteiger partial charge in [0.2, 0.25) is 0 Å². The molecule has 0 radical (unpaired) electrons. The smallest absolute Gasteiger partial charge is 0.411 e. The van der Waals surface area contributed by atoms with E-state index in [1.165, 1.54) is 11.3 Å². The van der Waals surface area contributed by atoms with Crippen LogP contribution in [0.4, 0.5) is 26.3 Å². The zero-order valence-electron chi connectivity index (χ0n) is 13.0. The highest BCUT2D eigenvalue weighted by Crippen LogP contribution is 2.37. The van der Waals surface area contributed by atoms with E-state index in [2.05, 4.69) is 10.1 Å². The van der Waals surface area contributed by atoms with Crippen molar-refractivity contribution in [2.45, 2.75) is 23.1 Å². The molecule has 0 bridgehead atoms.